The van der Waals surface area contributed by atoms with Gasteiger partial charge in [-0.05, 0) is 18.9 Å². The first-order valence-electron chi connectivity index (χ1n) is 3.64. The van der Waals surface area contributed by atoms with E-state index in [2.05, 4.69) is 0 Å². The Kier molecular flexibility index (Phi) is 2.22. The van der Waals surface area contributed by atoms with Gasteiger partial charge < -0.3 is 5.11 Å². The fraction of sp³-hybridized carbons (Fsp3) is 0.625. The van der Waals surface area contributed by atoms with Gasteiger partial charge in [0.1, 0.15) is 0 Å². The maximum atomic E-state index is 11.0. The number of carbonyl (C=O) groups excluding carboxylic acids is 1. The zero-order valence-electron chi connectivity index (χ0n) is 6.08. The van der Waals surface area contributed by atoms with Crippen molar-refractivity contribution < 1.29 is 9.90 Å². The quantitative estimate of drug-likeness (QED) is 0.587. The molecule has 10 heavy (non-hydrogen) atoms. The van der Waals surface area contributed by atoms with Crippen LogP contribution in [0, 0.1) is 5.92 Å². The highest BCUT2D eigenvalue weighted by molar-refractivity contribution is 5.92. The molecule has 0 aliphatic heterocycles. The zero-order chi connectivity index (χ0) is 7.56. The molecule has 0 fully saturated rings. The molecule has 0 saturated carbocycles. The second kappa shape index (κ2) is 2.97. The molecule has 1 N–H and O–H groups in total. The third kappa shape index (κ3) is 1.27. The van der Waals surface area contributed by atoms with E-state index < -0.39 is 6.10 Å². The van der Waals surface area contributed by atoms with E-state index in [0.717, 1.165) is 6.42 Å². The normalized spacial score (nSPS) is 32.8. The zero-order valence-corrected chi connectivity index (χ0v) is 6.08. The van der Waals surface area contributed by atoms with E-state index in [0.29, 0.717) is 6.42 Å². The highest BCUT2D eigenvalue weighted by Gasteiger charge is 2.24. The number of rotatable bonds is 1. The predicted octanol–water partition coefficient (Wildman–Crippen LogP) is 0.902. The summed E-state index contributed by atoms with van der Waals surface area (Å²) in [5.74, 6) is -0.0775. The van der Waals surface area contributed by atoms with Crippen LogP contribution in [0.1, 0.15) is 19.8 Å². The summed E-state index contributed by atoms with van der Waals surface area (Å²) in [5.41, 5.74) is 0. The summed E-state index contributed by atoms with van der Waals surface area (Å²) in [6.45, 7) is 1.92. The lowest BCUT2D eigenvalue weighted by atomic mass is 9.88. The monoisotopic (exact) mass is 140 g/mol. The molecule has 2 unspecified atom stereocenters. The van der Waals surface area contributed by atoms with Crippen LogP contribution in [-0.2, 0) is 4.79 Å². The van der Waals surface area contributed by atoms with Gasteiger partial charge in [0.15, 0.2) is 5.78 Å². The first-order chi connectivity index (χ1) is 4.75. The first kappa shape index (κ1) is 7.48. The SMILES string of the molecule is CCC1C(=O)C=CCC1O. The van der Waals surface area contributed by atoms with Crippen molar-refractivity contribution in [3.63, 3.8) is 0 Å². The van der Waals surface area contributed by atoms with Crippen LogP contribution >= 0.6 is 0 Å². The van der Waals surface area contributed by atoms with Crippen molar-refractivity contribution in [1.29, 1.82) is 0 Å². The van der Waals surface area contributed by atoms with Gasteiger partial charge in [0, 0.05) is 5.92 Å². The molecule has 0 heterocycles. The van der Waals surface area contributed by atoms with Crippen molar-refractivity contribution >= 4 is 5.78 Å². The maximum Gasteiger partial charge on any atom is 0.161 e. The van der Waals surface area contributed by atoms with E-state index in [1.54, 1.807) is 12.2 Å². The van der Waals surface area contributed by atoms with Gasteiger partial charge in [-0.3, -0.25) is 4.79 Å². The Labute approximate surface area is 60.6 Å². The summed E-state index contributed by atoms with van der Waals surface area (Å²) in [6, 6.07) is 0. The van der Waals surface area contributed by atoms with Crippen LogP contribution in [0.15, 0.2) is 12.2 Å². The molecule has 2 atom stereocenters. The average molecular weight is 140 g/mol. The molecular formula is C8H12O2. The van der Waals surface area contributed by atoms with E-state index in [9.17, 15) is 9.90 Å². The van der Waals surface area contributed by atoms with Crippen LogP contribution in [-0.4, -0.2) is 17.0 Å². The van der Waals surface area contributed by atoms with Gasteiger partial charge in [-0.25, -0.2) is 0 Å². The van der Waals surface area contributed by atoms with E-state index in [-0.39, 0.29) is 11.7 Å². The number of carbonyl (C=O) groups is 1. The van der Waals surface area contributed by atoms with E-state index in [1.807, 2.05) is 6.92 Å². The molecule has 0 saturated heterocycles. The lowest BCUT2D eigenvalue weighted by molar-refractivity contribution is -0.122. The third-order valence-electron chi connectivity index (χ3n) is 1.93. The minimum absolute atomic E-state index is 0.0706. The van der Waals surface area contributed by atoms with Crippen molar-refractivity contribution in [2.45, 2.75) is 25.9 Å². The van der Waals surface area contributed by atoms with Gasteiger partial charge in [-0.2, -0.15) is 0 Å². The Balaban J connectivity index is 2.68. The summed E-state index contributed by atoms with van der Waals surface area (Å²) in [5, 5.41) is 9.27. The highest BCUT2D eigenvalue weighted by Crippen LogP contribution is 2.18. The van der Waals surface area contributed by atoms with Crippen molar-refractivity contribution in [1.82, 2.24) is 0 Å². The largest absolute Gasteiger partial charge is 0.392 e. The standard InChI is InChI=1S/C8H12O2/c1-2-6-7(9)4-3-5-8(6)10/h3-4,6,8,10H,2,5H2,1H3. The Bertz CT molecular complexity index is 161. The molecule has 0 amide bonds. The van der Waals surface area contributed by atoms with Crippen LogP contribution in [0.3, 0.4) is 0 Å². The number of aliphatic hydroxyl groups is 1. The molecule has 0 bridgehead atoms. The Morgan fingerprint density at radius 1 is 1.80 bits per heavy atom. The lowest BCUT2D eigenvalue weighted by Gasteiger charge is -2.20. The summed E-state index contributed by atoms with van der Waals surface area (Å²) in [6.07, 6.45) is 4.23. The van der Waals surface area contributed by atoms with Crippen molar-refractivity contribution in [3.05, 3.63) is 12.2 Å². The number of ketones is 1. The Hall–Kier alpha value is -0.630. The molecule has 1 aliphatic rings. The molecular weight excluding hydrogens is 128 g/mol. The van der Waals surface area contributed by atoms with Gasteiger partial charge >= 0.3 is 0 Å². The topological polar surface area (TPSA) is 37.3 Å². The number of hydrogen-bond acceptors (Lipinski definition) is 2. The molecule has 1 rings (SSSR count). The molecule has 0 aromatic rings. The second-order valence-corrected chi connectivity index (χ2v) is 2.62. The second-order valence-electron chi connectivity index (χ2n) is 2.62. The average Bonchev–Trinajstić information content (AvgIpc) is 1.88. The lowest BCUT2D eigenvalue weighted by Crippen LogP contribution is -2.28. The maximum absolute atomic E-state index is 11.0. The Morgan fingerprint density at radius 3 is 2.90 bits per heavy atom. The predicted molar refractivity (Wildman–Crippen MR) is 38.6 cm³/mol. The van der Waals surface area contributed by atoms with Gasteiger partial charge in [0.2, 0.25) is 0 Å². The molecule has 56 valence electrons. The van der Waals surface area contributed by atoms with E-state index in [1.165, 1.54) is 0 Å². The molecule has 1 aliphatic carbocycles. The van der Waals surface area contributed by atoms with E-state index >= 15 is 0 Å². The summed E-state index contributed by atoms with van der Waals surface area (Å²) in [7, 11) is 0. The van der Waals surface area contributed by atoms with Crippen LogP contribution in [0.5, 0.6) is 0 Å². The number of aliphatic hydroxyl groups excluding tert-OH is 1. The fourth-order valence-corrected chi connectivity index (χ4v) is 1.27. The van der Waals surface area contributed by atoms with Gasteiger partial charge in [-0.15, -0.1) is 0 Å². The summed E-state index contributed by atoms with van der Waals surface area (Å²) < 4.78 is 0. The minimum Gasteiger partial charge on any atom is -0.392 e. The molecule has 2 nitrogen and oxygen atoms in total. The van der Waals surface area contributed by atoms with Gasteiger partial charge in [0.25, 0.3) is 0 Å². The number of allylic oxidation sites excluding steroid dienone is 1. The van der Waals surface area contributed by atoms with Crippen molar-refractivity contribution in [3.8, 4) is 0 Å². The molecule has 0 aromatic heterocycles. The van der Waals surface area contributed by atoms with Crippen molar-refractivity contribution in [2.24, 2.45) is 5.92 Å². The van der Waals surface area contributed by atoms with Gasteiger partial charge in [-0.1, -0.05) is 13.0 Å². The number of hydrogen-bond donors (Lipinski definition) is 1. The first-order valence-corrected chi connectivity index (χ1v) is 3.64. The van der Waals surface area contributed by atoms with Crippen LogP contribution in [0.4, 0.5) is 0 Å². The summed E-state index contributed by atoms with van der Waals surface area (Å²) in [4.78, 5) is 11.0. The molecule has 2 heteroatoms. The third-order valence-corrected chi connectivity index (χ3v) is 1.93. The van der Waals surface area contributed by atoms with Crippen LogP contribution in [0.25, 0.3) is 0 Å². The highest BCUT2D eigenvalue weighted by atomic mass is 16.3. The van der Waals surface area contributed by atoms with Crippen LogP contribution in [0.2, 0.25) is 0 Å². The summed E-state index contributed by atoms with van der Waals surface area (Å²) >= 11 is 0. The minimum atomic E-state index is -0.442. The Morgan fingerprint density at radius 2 is 2.50 bits per heavy atom. The molecule has 0 aromatic carbocycles. The van der Waals surface area contributed by atoms with E-state index in [4.69, 9.17) is 0 Å². The fourth-order valence-electron chi connectivity index (χ4n) is 1.27. The van der Waals surface area contributed by atoms with Gasteiger partial charge in [0.05, 0.1) is 6.10 Å². The van der Waals surface area contributed by atoms with Crippen molar-refractivity contribution in [2.75, 3.05) is 0 Å². The molecule has 0 radical (unpaired) electrons. The molecule has 0 spiro atoms. The van der Waals surface area contributed by atoms with Crippen LogP contribution < -0.4 is 0 Å². The smallest absolute Gasteiger partial charge is 0.161 e.